The first kappa shape index (κ1) is 17.3. The van der Waals surface area contributed by atoms with Crippen molar-refractivity contribution < 1.29 is 0 Å². The van der Waals surface area contributed by atoms with Gasteiger partial charge in [-0.25, -0.2) is 5.10 Å². The Labute approximate surface area is 153 Å². The van der Waals surface area contributed by atoms with E-state index in [4.69, 9.17) is 12.2 Å². The summed E-state index contributed by atoms with van der Waals surface area (Å²) in [4.78, 5) is 0. The molecular formula is C20H22N4S. The molecule has 0 radical (unpaired) electrons. The summed E-state index contributed by atoms with van der Waals surface area (Å²) in [6.45, 7) is 8.66. The van der Waals surface area contributed by atoms with Crippen LogP contribution in [0.5, 0.6) is 0 Å². The van der Waals surface area contributed by atoms with Crippen LogP contribution >= 0.6 is 12.2 Å². The van der Waals surface area contributed by atoms with Gasteiger partial charge in [-0.3, -0.25) is 0 Å². The molecule has 5 heteroatoms. The number of benzene rings is 2. The van der Waals surface area contributed by atoms with Crippen LogP contribution in [-0.4, -0.2) is 21.1 Å². The Morgan fingerprint density at radius 1 is 1.12 bits per heavy atom. The van der Waals surface area contributed by atoms with Crippen LogP contribution in [0.15, 0.2) is 53.6 Å². The number of aromatic amines is 1. The molecule has 0 saturated carbocycles. The number of nitrogens with zero attached hydrogens (tertiary/aromatic N) is 3. The van der Waals surface area contributed by atoms with Gasteiger partial charge in [0.25, 0.3) is 0 Å². The summed E-state index contributed by atoms with van der Waals surface area (Å²) < 4.78 is 2.13. The maximum Gasteiger partial charge on any atom is 0.216 e. The molecule has 1 aromatic heterocycles. The molecule has 0 bridgehead atoms. The van der Waals surface area contributed by atoms with Crippen molar-refractivity contribution in [1.29, 1.82) is 0 Å². The normalized spacial score (nSPS) is 12.0. The van der Waals surface area contributed by atoms with Crippen LogP contribution < -0.4 is 0 Å². The molecule has 25 heavy (non-hydrogen) atoms. The van der Waals surface area contributed by atoms with Gasteiger partial charge in [-0.05, 0) is 41.7 Å². The summed E-state index contributed by atoms with van der Waals surface area (Å²) in [6, 6.07) is 16.5. The highest BCUT2D eigenvalue weighted by atomic mass is 32.1. The minimum Gasteiger partial charge on any atom is -0.250 e. The first-order valence-corrected chi connectivity index (χ1v) is 8.65. The van der Waals surface area contributed by atoms with E-state index in [-0.39, 0.29) is 5.41 Å². The predicted octanol–water partition coefficient (Wildman–Crippen LogP) is 5.10. The average molecular weight is 350 g/mol. The van der Waals surface area contributed by atoms with Crippen LogP contribution in [0, 0.1) is 11.7 Å². The number of rotatable bonds is 3. The lowest BCUT2D eigenvalue weighted by atomic mass is 9.87. The minimum atomic E-state index is 0.140. The van der Waals surface area contributed by atoms with E-state index in [1.54, 1.807) is 10.9 Å². The van der Waals surface area contributed by atoms with E-state index < -0.39 is 0 Å². The number of aromatic nitrogens is 3. The van der Waals surface area contributed by atoms with Crippen molar-refractivity contribution >= 4 is 18.4 Å². The first-order chi connectivity index (χ1) is 11.8. The third-order valence-corrected chi connectivity index (χ3v) is 4.29. The highest BCUT2D eigenvalue weighted by Crippen LogP contribution is 2.22. The van der Waals surface area contributed by atoms with E-state index in [1.807, 2.05) is 12.1 Å². The summed E-state index contributed by atoms with van der Waals surface area (Å²) in [7, 11) is 0. The van der Waals surface area contributed by atoms with Gasteiger partial charge < -0.3 is 0 Å². The first-order valence-electron chi connectivity index (χ1n) is 8.24. The molecule has 128 valence electrons. The third kappa shape index (κ3) is 3.94. The molecule has 0 saturated heterocycles. The van der Waals surface area contributed by atoms with Crippen LogP contribution in [-0.2, 0) is 5.41 Å². The van der Waals surface area contributed by atoms with Crippen molar-refractivity contribution in [2.75, 3.05) is 0 Å². The maximum absolute atomic E-state index is 5.32. The zero-order valence-corrected chi connectivity index (χ0v) is 15.8. The second-order valence-electron chi connectivity index (χ2n) is 7.15. The summed E-state index contributed by atoms with van der Waals surface area (Å²) in [6.07, 6.45) is 1.80. The Bertz CT molecular complexity index is 956. The molecule has 3 aromatic rings. The quantitative estimate of drug-likeness (QED) is 0.528. The van der Waals surface area contributed by atoms with Crippen molar-refractivity contribution in [2.45, 2.75) is 33.1 Å². The van der Waals surface area contributed by atoms with Crippen molar-refractivity contribution in [1.82, 2.24) is 14.9 Å². The van der Waals surface area contributed by atoms with Gasteiger partial charge in [-0.15, -0.1) is 0 Å². The van der Waals surface area contributed by atoms with Gasteiger partial charge in [0.2, 0.25) is 4.77 Å². The van der Waals surface area contributed by atoms with Crippen LogP contribution in [0.3, 0.4) is 0 Å². The summed E-state index contributed by atoms with van der Waals surface area (Å²) in [5.74, 6) is 0.705. The fourth-order valence-corrected chi connectivity index (χ4v) is 2.74. The van der Waals surface area contributed by atoms with E-state index in [9.17, 15) is 0 Å². The standard InChI is InChI=1S/C20H22N4S/c1-14-6-5-7-16(12-14)18-22-23-19(25)24(18)21-13-15-8-10-17(11-9-15)20(2,3)4/h5-13H,1-4H3,(H,23,25)/b21-13-. The number of H-pyrrole nitrogens is 1. The Kier molecular flexibility index (Phi) is 4.68. The number of nitrogens with one attached hydrogen (secondary N) is 1. The fraction of sp³-hybridized carbons (Fsp3) is 0.250. The van der Waals surface area contributed by atoms with Crippen molar-refractivity contribution in [3.63, 3.8) is 0 Å². The molecule has 1 heterocycles. The third-order valence-electron chi connectivity index (χ3n) is 4.03. The second kappa shape index (κ2) is 6.76. The zero-order chi connectivity index (χ0) is 18.0. The molecule has 0 unspecified atom stereocenters. The molecule has 3 rings (SSSR count). The van der Waals surface area contributed by atoms with Crippen LogP contribution in [0.2, 0.25) is 0 Å². The lowest BCUT2D eigenvalue weighted by Crippen LogP contribution is -2.10. The Hall–Kier alpha value is -2.53. The van der Waals surface area contributed by atoms with Gasteiger partial charge in [-0.2, -0.15) is 14.9 Å². The zero-order valence-electron chi connectivity index (χ0n) is 14.9. The lowest BCUT2D eigenvalue weighted by molar-refractivity contribution is 0.590. The molecule has 0 aliphatic carbocycles. The Balaban J connectivity index is 1.92. The molecule has 0 fully saturated rings. The topological polar surface area (TPSA) is 46.0 Å². The highest BCUT2D eigenvalue weighted by Gasteiger charge is 2.12. The number of hydrogen-bond donors (Lipinski definition) is 1. The highest BCUT2D eigenvalue weighted by molar-refractivity contribution is 7.71. The van der Waals surface area contributed by atoms with Crippen LogP contribution in [0.25, 0.3) is 11.4 Å². The van der Waals surface area contributed by atoms with Crippen molar-refractivity contribution in [2.24, 2.45) is 5.10 Å². The fourth-order valence-electron chi connectivity index (χ4n) is 2.56. The predicted molar refractivity (Wildman–Crippen MR) is 106 cm³/mol. The van der Waals surface area contributed by atoms with E-state index in [0.29, 0.717) is 10.6 Å². The molecule has 0 aliphatic heterocycles. The van der Waals surface area contributed by atoms with E-state index >= 15 is 0 Å². The smallest absolute Gasteiger partial charge is 0.216 e. The molecule has 4 nitrogen and oxygen atoms in total. The monoisotopic (exact) mass is 350 g/mol. The molecule has 2 aromatic carbocycles. The largest absolute Gasteiger partial charge is 0.250 e. The molecule has 0 atom stereocenters. The van der Waals surface area contributed by atoms with Crippen molar-refractivity contribution in [3.05, 3.63) is 70.0 Å². The van der Waals surface area contributed by atoms with E-state index in [0.717, 1.165) is 11.1 Å². The molecule has 0 amide bonds. The second-order valence-corrected chi connectivity index (χ2v) is 7.54. The van der Waals surface area contributed by atoms with E-state index in [1.165, 1.54) is 11.1 Å². The van der Waals surface area contributed by atoms with Gasteiger partial charge in [0.1, 0.15) is 0 Å². The van der Waals surface area contributed by atoms with Gasteiger partial charge in [0.05, 0.1) is 6.21 Å². The average Bonchev–Trinajstić information content (AvgIpc) is 2.93. The lowest BCUT2D eigenvalue weighted by Gasteiger charge is -2.18. The Morgan fingerprint density at radius 3 is 2.48 bits per heavy atom. The Morgan fingerprint density at radius 2 is 1.84 bits per heavy atom. The summed E-state index contributed by atoms with van der Waals surface area (Å²) in [5, 5.41) is 11.7. The van der Waals surface area contributed by atoms with E-state index in [2.05, 4.69) is 79.4 Å². The summed E-state index contributed by atoms with van der Waals surface area (Å²) >= 11 is 5.32. The van der Waals surface area contributed by atoms with Crippen LogP contribution in [0.1, 0.15) is 37.5 Å². The summed E-state index contributed by atoms with van der Waals surface area (Å²) in [5.41, 5.74) is 4.60. The molecule has 0 aliphatic rings. The van der Waals surface area contributed by atoms with Gasteiger partial charge >= 0.3 is 0 Å². The number of hydrogen-bond acceptors (Lipinski definition) is 3. The number of aryl methyl sites for hydroxylation is 1. The maximum atomic E-state index is 5.32. The molecule has 1 N–H and O–H groups in total. The minimum absolute atomic E-state index is 0.140. The van der Waals surface area contributed by atoms with Gasteiger partial charge in [0.15, 0.2) is 5.82 Å². The van der Waals surface area contributed by atoms with Gasteiger partial charge in [0, 0.05) is 5.56 Å². The SMILES string of the molecule is Cc1cccc(-c2n[nH]c(=S)n2/N=C\c2ccc(C(C)(C)C)cc2)c1. The van der Waals surface area contributed by atoms with Crippen LogP contribution in [0.4, 0.5) is 0 Å². The van der Waals surface area contributed by atoms with Gasteiger partial charge in [-0.1, -0.05) is 68.8 Å². The molecular weight excluding hydrogens is 328 g/mol. The molecule has 0 spiro atoms. The van der Waals surface area contributed by atoms with Crippen molar-refractivity contribution in [3.8, 4) is 11.4 Å².